The highest BCUT2D eigenvalue weighted by Gasteiger charge is 2.45. The molecule has 0 aromatic carbocycles. The number of nitrogens with one attached hydrogen (secondary N) is 2. The Morgan fingerprint density at radius 2 is 1.49 bits per heavy atom. The van der Waals surface area contributed by atoms with Gasteiger partial charge in [0.25, 0.3) is 0 Å². The largest absolute Gasteiger partial charge is 0.471 e. The lowest BCUT2D eigenvalue weighted by Crippen LogP contribution is -2.32. The first kappa shape index (κ1) is 32.0. The van der Waals surface area contributed by atoms with Gasteiger partial charge in [0.2, 0.25) is 0 Å². The van der Waals surface area contributed by atoms with E-state index in [-0.39, 0.29) is 39.0 Å². The lowest BCUT2D eigenvalue weighted by Gasteiger charge is -2.24. The van der Waals surface area contributed by atoms with Gasteiger partial charge in [0.1, 0.15) is 15.4 Å². The van der Waals surface area contributed by atoms with Gasteiger partial charge in [0.15, 0.2) is 0 Å². The van der Waals surface area contributed by atoms with Crippen LogP contribution in [-0.4, -0.2) is 68.1 Å². The third-order valence-electron chi connectivity index (χ3n) is 5.10. The van der Waals surface area contributed by atoms with E-state index >= 15 is 0 Å². The van der Waals surface area contributed by atoms with Crippen LogP contribution in [0, 0.1) is 0 Å². The smallest absolute Gasteiger partial charge is 0.465 e. The Labute approximate surface area is 223 Å². The van der Waals surface area contributed by atoms with Crippen LogP contribution in [0.1, 0.15) is 37.6 Å². The van der Waals surface area contributed by atoms with E-state index in [0.717, 1.165) is 43.0 Å². The van der Waals surface area contributed by atoms with Crippen LogP contribution in [0.3, 0.4) is 0 Å². The Hall–Kier alpha value is -3.22. The molecule has 3 rings (SSSR count). The van der Waals surface area contributed by atoms with Crippen LogP contribution >= 0.6 is 22.7 Å². The summed E-state index contributed by atoms with van der Waals surface area (Å²) in [5.74, 6) is -6.05. The number of halogens is 6. The van der Waals surface area contributed by atoms with E-state index in [9.17, 15) is 50.6 Å². The lowest BCUT2D eigenvalue weighted by molar-refractivity contribution is -0.167. The molecule has 0 aliphatic carbocycles. The first-order valence-corrected chi connectivity index (χ1v) is 12.1. The molecule has 2 unspecified atom stereocenters. The molecule has 1 fully saturated rings. The van der Waals surface area contributed by atoms with Gasteiger partial charge in [-0.1, -0.05) is 0 Å². The molecule has 0 radical (unpaired) electrons. The zero-order valence-corrected chi connectivity index (χ0v) is 21.7. The van der Waals surface area contributed by atoms with Crippen molar-refractivity contribution in [3.8, 4) is 0 Å². The summed E-state index contributed by atoms with van der Waals surface area (Å²) in [4.78, 5) is 44.4. The molecule has 0 saturated carbocycles. The van der Waals surface area contributed by atoms with Gasteiger partial charge in [0, 0.05) is 11.3 Å². The quantitative estimate of drug-likeness (QED) is 0.342. The van der Waals surface area contributed by atoms with Crippen LogP contribution in [0.15, 0.2) is 17.5 Å². The van der Waals surface area contributed by atoms with Crippen molar-refractivity contribution < 1.29 is 64.8 Å². The second kappa shape index (κ2) is 12.3. The Kier molecular flexibility index (Phi) is 10.1. The van der Waals surface area contributed by atoms with E-state index in [2.05, 4.69) is 9.47 Å². The number of methoxy groups -OCH3 is 2. The average molecular weight is 607 g/mol. The highest BCUT2D eigenvalue weighted by atomic mass is 32.1. The van der Waals surface area contributed by atoms with E-state index in [1.54, 1.807) is 17.6 Å². The molecule has 2 atom stereocenters. The molecule has 2 aromatic heterocycles. The van der Waals surface area contributed by atoms with Gasteiger partial charge in [-0.2, -0.15) is 26.3 Å². The zero-order chi connectivity index (χ0) is 29.8. The Bertz CT molecular complexity index is 1230. The van der Waals surface area contributed by atoms with Gasteiger partial charge < -0.3 is 30.0 Å². The summed E-state index contributed by atoms with van der Waals surface area (Å²) in [7, 11) is 2.16. The Balaban J connectivity index is 0.000000293. The van der Waals surface area contributed by atoms with Crippen LogP contribution in [0.25, 0.3) is 0 Å². The van der Waals surface area contributed by atoms with Crippen LogP contribution in [0.2, 0.25) is 0 Å². The number of hydrogen-bond donors (Lipinski definition) is 3. The van der Waals surface area contributed by atoms with Crippen LogP contribution in [0.5, 0.6) is 0 Å². The number of ether oxygens (including phenoxy) is 3. The van der Waals surface area contributed by atoms with Gasteiger partial charge in [-0.3, -0.25) is 9.59 Å². The standard InChI is InChI=1S/C13H14F3NO5S.C8H6F3NO3S/c1-6-12(20,3-4-22-6)8-5-7(9(23-8)10(18)21-2)17-11(19)13(14,15)16;1-15-6(13)5-4(2-3-16-5)12-7(14)8(9,10)11/h5-6,20H,3-4H2,1-2H3,(H,17,19);2-3H,1H3,(H,12,14). The predicted molar refractivity (Wildman–Crippen MR) is 125 cm³/mol. The molecule has 1 aliphatic rings. The van der Waals surface area contributed by atoms with Gasteiger partial charge in [-0.15, -0.1) is 22.7 Å². The molecular formula is C21H20F6N2O8S2. The molecule has 10 nitrogen and oxygen atoms in total. The summed E-state index contributed by atoms with van der Waals surface area (Å²) in [6.45, 7) is 1.88. The fraction of sp³-hybridized carbons (Fsp3) is 0.429. The minimum Gasteiger partial charge on any atom is -0.465 e. The summed E-state index contributed by atoms with van der Waals surface area (Å²) >= 11 is 1.64. The normalized spacial score (nSPS) is 19.0. The van der Waals surface area contributed by atoms with Crippen molar-refractivity contribution in [1.82, 2.24) is 0 Å². The van der Waals surface area contributed by atoms with Crippen molar-refractivity contribution in [3.05, 3.63) is 32.1 Å². The molecule has 3 heterocycles. The number of alkyl halides is 6. The van der Waals surface area contributed by atoms with E-state index in [0.29, 0.717) is 0 Å². The number of aliphatic hydroxyl groups is 1. The third-order valence-corrected chi connectivity index (χ3v) is 7.28. The van der Waals surface area contributed by atoms with Gasteiger partial charge in [-0.05, 0) is 24.4 Å². The average Bonchev–Trinajstić information content (AvgIpc) is 3.57. The summed E-state index contributed by atoms with van der Waals surface area (Å²) in [5, 5.41) is 15.2. The molecule has 2 amide bonds. The molecular weight excluding hydrogens is 586 g/mol. The Morgan fingerprint density at radius 1 is 0.974 bits per heavy atom. The molecule has 0 spiro atoms. The maximum atomic E-state index is 12.4. The van der Waals surface area contributed by atoms with Crippen molar-refractivity contribution in [1.29, 1.82) is 0 Å². The fourth-order valence-electron chi connectivity index (χ4n) is 3.04. The predicted octanol–water partition coefficient (Wildman–Crippen LogP) is 4.07. The fourth-order valence-corrected chi connectivity index (χ4v) is 5.04. The van der Waals surface area contributed by atoms with Gasteiger partial charge in [0.05, 0.1) is 38.3 Å². The lowest BCUT2D eigenvalue weighted by atomic mass is 9.94. The first-order valence-electron chi connectivity index (χ1n) is 10.4. The van der Waals surface area contributed by atoms with Crippen LogP contribution in [-0.2, 0) is 29.4 Å². The number of hydrogen-bond acceptors (Lipinski definition) is 10. The molecule has 39 heavy (non-hydrogen) atoms. The molecule has 2 aromatic rings. The van der Waals surface area contributed by atoms with E-state index in [1.807, 2.05) is 0 Å². The van der Waals surface area contributed by atoms with Crippen molar-refractivity contribution in [2.45, 2.75) is 37.4 Å². The number of carbonyl (C=O) groups excluding carboxylic acids is 4. The molecule has 1 saturated heterocycles. The zero-order valence-electron chi connectivity index (χ0n) is 20.1. The molecule has 216 valence electrons. The monoisotopic (exact) mass is 606 g/mol. The minimum atomic E-state index is -5.10. The number of carbonyl (C=O) groups is 4. The number of amides is 2. The summed E-state index contributed by atoms with van der Waals surface area (Å²) in [6.07, 6.45) is -10.5. The van der Waals surface area contributed by atoms with Gasteiger partial charge >= 0.3 is 36.1 Å². The highest BCUT2D eigenvalue weighted by Crippen LogP contribution is 2.42. The maximum absolute atomic E-state index is 12.4. The molecule has 1 aliphatic heterocycles. The maximum Gasteiger partial charge on any atom is 0.471 e. The molecule has 18 heteroatoms. The first-order chi connectivity index (χ1) is 17.9. The van der Waals surface area contributed by atoms with Crippen molar-refractivity contribution in [2.75, 3.05) is 31.5 Å². The highest BCUT2D eigenvalue weighted by molar-refractivity contribution is 7.14. The van der Waals surface area contributed by atoms with Crippen molar-refractivity contribution in [2.24, 2.45) is 0 Å². The summed E-state index contributed by atoms with van der Waals surface area (Å²) in [6, 6.07) is 2.34. The number of anilines is 2. The van der Waals surface area contributed by atoms with Gasteiger partial charge in [-0.25, -0.2) is 9.59 Å². The number of rotatable bonds is 5. The van der Waals surface area contributed by atoms with E-state index < -0.39 is 47.8 Å². The van der Waals surface area contributed by atoms with Crippen LogP contribution < -0.4 is 10.6 Å². The molecule has 3 N–H and O–H groups in total. The third kappa shape index (κ3) is 7.68. The number of esters is 2. The summed E-state index contributed by atoms with van der Waals surface area (Å²) in [5.41, 5.74) is -2.00. The number of thiophene rings is 2. The SMILES string of the molecule is COC(=O)c1sc(C2(O)CCOC2C)cc1NC(=O)C(F)(F)F.COC(=O)c1sccc1NC(=O)C(F)(F)F. The van der Waals surface area contributed by atoms with Crippen molar-refractivity contribution >= 4 is 57.8 Å². The van der Waals surface area contributed by atoms with Crippen molar-refractivity contribution in [3.63, 3.8) is 0 Å². The molecule has 0 bridgehead atoms. The Morgan fingerprint density at radius 3 is 1.95 bits per heavy atom. The van der Waals surface area contributed by atoms with E-state index in [4.69, 9.17) is 4.74 Å². The van der Waals surface area contributed by atoms with Crippen LogP contribution in [0.4, 0.5) is 37.7 Å². The topological polar surface area (TPSA) is 140 Å². The minimum absolute atomic E-state index is 0.0832. The second-order valence-electron chi connectivity index (χ2n) is 7.59. The second-order valence-corrected chi connectivity index (χ2v) is 9.56. The summed E-state index contributed by atoms with van der Waals surface area (Å²) < 4.78 is 87.1. The van der Waals surface area contributed by atoms with E-state index in [1.165, 1.54) is 11.4 Å².